The van der Waals surface area contributed by atoms with E-state index < -0.39 is 0 Å². The van der Waals surface area contributed by atoms with Crippen LogP contribution in [-0.4, -0.2) is 35.5 Å². The van der Waals surface area contributed by atoms with Crippen molar-refractivity contribution in [2.24, 2.45) is 0 Å². The van der Waals surface area contributed by atoms with E-state index in [1.165, 1.54) is 18.4 Å². The highest BCUT2D eigenvalue weighted by Gasteiger charge is 2.15. The average Bonchev–Trinajstić information content (AvgIpc) is 3.09. The van der Waals surface area contributed by atoms with Gasteiger partial charge in [0.15, 0.2) is 0 Å². The van der Waals surface area contributed by atoms with Gasteiger partial charge in [0, 0.05) is 37.0 Å². The van der Waals surface area contributed by atoms with Crippen molar-refractivity contribution in [2.75, 3.05) is 19.6 Å². The normalized spacial score (nSPS) is 18.1. The summed E-state index contributed by atoms with van der Waals surface area (Å²) in [6, 6.07) is 8.02. The number of rotatable bonds is 5. The van der Waals surface area contributed by atoms with Crippen LogP contribution >= 0.6 is 0 Å². The lowest BCUT2D eigenvalue weighted by molar-refractivity contribution is 0.0954. The second kappa shape index (κ2) is 7.22. The van der Waals surface area contributed by atoms with Crippen LogP contribution in [0.2, 0.25) is 0 Å². The molecule has 5 heteroatoms. The molecular weight excluding hydrogens is 276 g/mol. The molecule has 1 fully saturated rings. The van der Waals surface area contributed by atoms with Crippen molar-refractivity contribution in [3.05, 3.63) is 53.6 Å². The van der Waals surface area contributed by atoms with E-state index in [4.69, 9.17) is 0 Å². The van der Waals surface area contributed by atoms with E-state index in [0.29, 0.717) is 12.5 Å². The second-order valence-electron chi connectivity index (χ2n) is 5.75. The molecule has 2 heterocycles. The Balaban J connectivity index is 1.51. The molecule has 1 saturated heterocycles. The van der Waals surface area contributed by atoms with Crippen LogP contribution in [0.5, 0.6) is 0 Å². The number of nitrogens with zero attached hydrogens (tertiary/aromatic N) is 1. The first-order chi connectivity index (χ1) is 10.8. The van der Waals surface area contributed by atoms with E-state index in [1.54, 1.807) is 12.5 Å². The summed E-state index contributed by atoms with van der Waals surface area (Å²) < 4.78 is 0. The minimum atomic E-state index is -0.0205. The number of piperidine rings is 1. The van der Waals surface area contributed by atoms with Crippen molar-refractivity contribution in [1.82, 2.24) is 20.6 Å². The smallest absolute Gasteiger partial charge is 0.251 e. The molecule has 1 aromatic carbocycles. The second-order valence-corrected chi connectivity index (χ2v) is 5.75. The van der Waals surface area contributed by atoms with Gasteiger partial charge in [-0.3, -0.25) is 4.79 Å². The molecule has 116 valence electrons. The molecule has 1 amide bonds. The molecule has 0 spiro atoms. The van der Waals surface area contributed by atoms with Gasteiger partial charge in [0.1, 0.15) is 0 Å². The predicted molar refractivity (Wildman–Crippen MR) is 85.9 cm³/mol. The third-order valence-electron chi connectivity index (χ3n) is 4.18. The Bertz CT molecular complexity index is 586. The van der Waals surface area contributed by atoms with Crippen LogP contribution in [0.3, 0.4) is 0 Å². The van der Waals surface area contributed by atoms with Gasteiger partial charge in [-0.15, -0.1) is 0 Å². The van der Waals surface area contributed by atoms with E-state index in [0.717, 1.165) is 30.8 Å². The number of H-pyrrole nitrogens is 1. The summed E-state index contributed by atoms with van der Waals surface area (Å²) in [5.41, 5.74) is 3.07. The fraction of sp³-hybridized carbons (Fsp3) is 0.412. The van der Waals surface area contributed by atoms with Crippen molar-refractivity contribution in [3.63, 3.8) is 0 Å². The van der Waals surface area contributed by atoms with Crippen LogP contribution in [0.15, 0.2) is 36.8 Å². The van der Waals surface area contributed by atoms with Gasteiger partial charge in [0.25, 0.3) is 5.91 Å². The Hall–Kier alpha value is -2.14. The van der Waals surface area contributed by atoms with Gasteiger partial charge < -0.3 is 15.6 Å². The van der Waals surface area contributed by atoms with E-state index in [1.807, 2.05) is 12.1 Å². The first kappa shape index (κ1) is 14.8. The number of carbonyl (C=O) groups excluding carboxylic acids is 1. The molecule has 2 aromatic rings. The first-order valence-electron chi connectivity index (χ1n) is 7.89. The third kappa shape index (κ3) is 3.74. The van der Waals surface area contributed by atoms with Crippen LogP contribution in [0.25, 0.3) is 0 Å². The molecule has 5 nitrogen and oxygen atoms in total. The van der Waals surface area contributed by atoms with Crippen LogP contribution in [0.1, 0.15) is 40.4 Å². The molecule has 0 saturated carbocycles. The molecule has 0 radical (unpaired) electrons. The van der Waals surface area contributed by atoms with Gasteiger partial charge >= 0.3 is 0 Å². The summed E-state index contributed by atoms with van der Waals surface area (Å²) in [4.78, 5) is 19.1. The Kier molecular flexibility index (Phi) is 4.85. The number of imidazole rings is 1. The average molecular weight is 298 g/mol. The molecule has 0 aliphatic carbocycles. The number of aromatic amines is 1. The molecule has 1 atom stereocenters. The van der Waals surface area contributed by atoms with Crippen molar-refractivity contribution in [2.45, 2.75) is 25.2 Å². The number of benzene rings is 1. The summed E-state index contributed by atoms with van der Waals surface area (Å²) in [5.74, 6) is 0.555. The lowest BCUT2D eigenvalue weighted by Crippen LogP contribution is -2.28. The van der Waals surface area contributed by atoms with Crippen molar-refractivity contribution in [3.8, 4) is 0 Å². The zero-order chi connectivity index (χ0) is 15.2. The Morgan fingerprint density at radius 1 is 1.32 bits per heavy atom. The third-order valence-corrected chi connectivity index (χ3v) is 4.18. The molecule has 1 aromatic heterocycles. The highest BCUT2D eigenvalue weighted by molar-refractivity contribution is 5.94. The summed E-state index contributed by atoms with van der Waals surface area (Å²) in [7, 11) is 0. The maximum absolute atomic E-state index is 12.1. The number of carbonyl (C=O) groups is 1. The maximum Gasteiger partial charge on any atom is 0.251 e. The van der Waals surface area contributed by atoms with E-state index in [2.05, 4.69) is 32.7 Å². The molecular formula is C17H22N4O. The predicted octanol–water partition coefficient (Wildman–Crippen LogP) is 1.85. The highest BCUT2D eigenvalue weighted by atomic mass is 16.1. The number of nitrogens with one attached hydrogen (secondary N) is 3. The number of aromatic nitrogens is 2. The van der Waals surface area contributed by atoms with Crippen molar-refractivity contribution < 1.29 is 4.79 Å². The summed E-state index contributed by atoms with van der Waals surface area (Å²) >= 11 is 0. The lowest BCUT2D eigenvalue weighted by atomic mass is 9.91. The van der Waals surface area contributed by atoms with Crippen LogP contribution < -0.4 is 10.6 Å². The topological polar surface area (TPSA) is 69.8 Å². The molecule has 0 bridgehead atoms. The van der Waals surface area contributed by atoms with Gasteiger partial charge in [-0.05, 0) is 43.0 Å². The van der Waals surface area contributed by atoms with Crippen LogP contribution in [-0.2, 0) is 6.42 Å². The molecule has 3 rings (SSSR count). The molecule has 0 unspecified atom stereocenters. The van der Waals surface area contributed by atoms with Gasteiger partial charge in [-0.1, -0.05) is 12.1 Å². The zero-order valence-electron chi connectivity index (χ0n) is 12.6. The number of hydrogen-bond acceptors (Lipinski definition) is 3. The summed E-state index contributed by atoms with van der Waals surface area (Å²) in [5, 5.41) is 6.36. The quantitative estimate of drug-likeness (QED) is 0.789. The monoisotopic (exact) mass is 298 g/mol. The van der Waals surface area contributed by atoms with E-state index >= 15 is 0 Å². The fourth-order valence-electron chi connectivity index (χ4n) is 2.88. The van der Waals surface area contributed by atoms with Crippen molar-refractivity contribution in [1.29, 1.82) is 0 Å². The summed E-state index contributed by atoms with van der Waals surface area (Å²) in [6.07, 6.45) is 6.63. The largest absolute Gasteiger partial charge is 0.352 e. The van der Waals surface area contributed by atoms with Gasteiger partial charge in [-0.2, -0.15) is 0 Å². The van der Waals surface area contributed by atoms with E-state index in [9.17, 15) is 4.79 Å². The van der Waals surface area contributed by atoms with Crippen LogP contribution in [0, 0.1) is 0 Å². The summed E-state index contributed by atoms with van der Waals surface area (Å²) in [6.45, 7) is 2.76. The van der Waals surface area contributed by atoms with Gasteiger partial charge in [0.05, 0.1) is 6.33 Å². The zero-order valence-corrected chi connectivity index (χ0v) is 12.6. The molecule has 22 heavy (non-hydrogen) atoms. The Morgan fingerprint density at radius 2 is 2.18 bits per heavy atom. The van der Waals surface area contributed by atoms with E-state index in [-0.39, 0.29) is 5.91 Å². The minimum absolute atomic E-state index is 0.0205. The Labute approximate surface area is 130 Å². The Morgan fingerprint density at radius 3 is 2.86 bits per heavy atom. The number of hydrogen-bond donors (Lipinski definition) is 3. The number of amides is 1. The maximum atomic E-state index is 12.1. The molecule has 3 N–H and O–H groups in total. The van der Waals surface area contributed by atoms with Crippen molar-refractivity contribution >= 4 is 5.91 Å². The van der Waals surface area contributed by atoms with Gasteiger partial charge in [0.2, 0.25) is 0 Å². The molecule has 1 aliphatic rings. The lowest BCUT2D eigenvalue weighted by Gasteiger charge is -2.23. The SMILES string of the molecule is O=C(NCCc1cnc[nH]1)c1ccc([C@H]2CCCNC2)cc1. The first-order valence-corrected chi connectivity index (χ1v) is 7.89. The minimum Gasteiger partial charge on any atom is -0.352 e. The standard InChI is InChI=1S/C17H22N4O/c22-17(20-9-7-16-11-19-12-21-16)14-5-3-13(4-6-14)15-2-1-8-18-10-15/h3-6,11-12,15,18H,1-2,7-10H2,(H,19,21)(H,20,22)/t15-/m0/s1. The van der Waals surface area contributed by atoms with Crippen LogP contribution in [0.4, 0.5) is 0 Å². The van der Waals surface area contributed by atoms with Gasteiger partial charge in [-0.25, -0.2) is 4.98 Å². The fourth-order valence-corrected chi connectivity index (χ4v) is 2.88. The molecule has 1 aliphatic heterocycles. The highest BCUT2D eigenvalue weighted by Crippen LogP contribution is 2.23.